The number of ether oxygens (including phenoxy) is 1. The lowest BCUT2D eigenvalue weighted by Crippen LogP contribution is -2.29. The van der Waals surface area contributed by atoms with E-state index < -0.39 is 0 Å². The van der Waals surface area contributed by atoms with Crippen LogP contribution in [0.4, 0.5) is 10.5 Å². The third-order valence-electron chi connectivity index (χ3n) is 5.20. The standard InChI is InChI=1S/C25H23Cl2N5O2S/c1-16-6-3-4-7-17(16)15-35-25-31-30-23(32(25)22-11-10-18(26)12-21(22)27)14-28-24(33)29-19-8-5-9-20(13-19)34-2/h3-13H,14-15H2,1-2H3,(H2,28,29,33). The summed E-state index contributed by atoms with van der Waals surface area (Å²) in [6.45, 7) is 2.21. The monoisotopic (exact) mass is 527 g/mol. The number of urea groups is 1. The number of aromatic nitrogens is 3. The molecule has 0 aliphatic carbocycles. The van der Waals surface area contributed by atoms with E-state index in [-0.39, 0.29) is 12.6 Å². The van der Waals surface area contributed by atoms with Crippen molar-refractivity contribution in [1.29, 1.82) is 0 Å². The Kier molecular flexibility index (Phi) is 8.17. The van der Waals surface area contributed by atoms with E-state index in [1.54, 1.807) is 43.5 Å². The minimum atomic E-state index is -0.385. The summed E-state index contributed by atoms with van der Waals surface area (Å²) in [5.41, 5.74) is 3.69. The number of methoxy groups -OCH3 is 1. The summed E-state index contributed by atoms with van der Waals surface area (Å²) < 4.78 is 7.04. The van der Waals surface area contributed by atoms with Crippen LogP contribution in [0.2, 0.25) is 10.0 Å². The lowest BCUT2D eigenvalue weighted by molar-refractivity contribution is 0.251. The van der Waals surface area contributed by atoms with Gasteiger partial charge < -0.3 is 15.4 Å². The molecule has 0 radical (unpaired) electrons. The molecule has 7 nitrogen and oxygen atoms in total. The number of carbonyl (C=O) groups is 1. The van der Waals surface area contributed by atoms with Crippen LogP contribution in [0.15, 0.2) is 71.9 Å². The molecule has 0 fully saturated rings. The largest absolute Gasteiger partial charge is 0.497 e. The van der Waals surface area contributed by atoms with Crippen molar-refractivity contribution in [2.45, 2.75) is 24.4 Å². The summed E-state index contributed by atoms with van der Waals surface area (Å²) in [6.07, 6.45) is 0. The van der Waals surface area contributed by atoms with Gasteiger partial charge in [-0.25, -0.2) is 4.79 Å². The van der Waals surface area contributed by atoms with Gasteiger partial charge in [-0.1, -0.05) is 65.3 Å². The van der Waals surface area contributed by atoms with Gasteiger partial charge in [0.2, 0.25) is 0 Å². The fourth-order valence-electron chi connectivity index (χ4n) is 3.36. The van der Waals surface area contributed by atoms with E-state index in [1.165, 1.54) is 22.9 Å². The van der Waals surface area contributed by atoms with Crippen LogP contribution in [-0.2, 0) is 12.3 Å². The Balaban J connectivity index is 1.55. The highest BCUT2D eigenvalue weighted by molar-refractivity contribution is 7.98. The molecule has 1 heterocycles. The molecule has 2 N–H and O–H groups in total. The van der Waals surface area contributed by atoms with Gasteiger partial charge in [0, 0.05) is 22.5 Å². The maximum Gasteiger partial charge on any atom is 0.319 e. The van der Waals surface area contributed by atoms with Crippen molar-refractivity contribution in [2.24, 2.45) is 0 Å². The van der Waals surface area contributed by atoms with Gasteiger partial charge in [0.15, 0.2) is 11.0 Å². The lowest BCUT2D eigenvalue weighted by atomic mass is 10.1. The van der Waals surface area contributed by atoms with Gasteiger partial charge in [0.05, 0.1) is 24.4 Å². The number of nitrogens with zero attached hydrogens (tertiary/aromatic N) is 3. The molecule has 2 amide bonds. The van der Waals surface area contributed by atoms with Gasteiger partial charge in [-0.15, -0.1) is 10.2 Å². The zero-order valence-corrected chi connectivity index (χ0v) is 21.4. The number of rotatable bonds is 8. The van der Waals surface area contributed by atoms with Crippen LogP contribution in [0.3, 0.4) is 0 Å². The van der Waals surface area contributed by atoms with E-state index >= 15 is 0 Å². The minimum absolute atomic E-state index is 0.132. The average Bonchev–Trinajstić information content (AvgIpc) is 3.25. The van der Waals surface area contributed by atoms with Gasteiger partial charge in [0.25, 0.3) is 0 Å². The Morgan fingerprint density at radius 1 is 1.06 bits per heavy atom. The third-order valence-corrected chi connectivity index (χ3v) is 6.72. The molecule has 0 bridgehead atoms. The molecule has 0 aliphatic heterocycles. The summed E-state index contributed by atoms with van der Waals surface area (Å²) in [6, 6.07) is 20.1. The Bertz CT molecular complexity index is 1350. The number of thioether (sulfide) groups is 1. The van der Waals surface area contributed by atoms with Crippen LogP contribution in [0.5, 0.6) is 5.75 Å². The predicted octanol–water partition coefficient (Wildman–Crippen LogP) is 6.51. The second-order valence-electron chi connectivity index (χ2n) is 7.58. The molecule has 4 aromatic rings. The quantitative estimate of drug-likeness (QED) is 0.255. The molecule has 1 aromatic heterocycles. The van der Waals surface area contributed by atoms with Gasteiger partial charge in [-0.3, -0.25) is 4.57 Å². The van der Waals surface area contributed by atoms with E-state index in [0.717, 1.165) is 0 Å². The van der Waals surface area contributed by atoms with Crippen LogP contribution >= 0.6 is 35.0 Å². The molecule has 0 unspecified atom stereocenters. The normalized spacial score (nSPS) is 10.7. The van der Waals surface area contributed by atoms with E-state index in [2.05, 4.69) is 39.9 Å². The lowest BCUT2D eigenvalue weighted by Gasteiger charge is -2.13. The molecule has 0 spiro atoms. The molecule has 0 saturated heterocycles. The maximum absolute atomic E-state index is 12.5. The van der Waals surface area contributed by atoms with Crippen LogP contribution in [0, 0.1) is 6.92 Å². The van der Waals surface area contributed by atoms with Crippen molar-refractivity contribution in [3.05, 3.63) is 93.7 Å². The summed E-state index contributed by atoms with van der Waals surface area (Å²) in [4.78, 5) is 12.5. The first-order valence-electron chi connectivity index (χ1n) is 10.7. The molecule has 180 valence electrons. The summed E-state index contributed by atoms with van der Waals surface area (Å²) >= 11 is 14.2. The van der Waals surface area contributed by atoms with Gasteiger partial charge in [0.1, 0.15) is 5.75 Å². The van der Waals surface area contributed by atoms with Crippen LogP contribution < -0.4 is 15.4 Å². The minimum Gasteiger partial charge on any atom is -0.497 e. The molecule has 0 atom stereocenters. The molecular weight excluding hydrogens is 505 g/mol. The average molecular weight is 528 g/mol. The van der Waals surface area contributed by atoms with Crippen molar-refractivity contribution in [1.82, 2.24) is 20.1 Å². The molecule has 0 saturated carbocycles. The van der Waals surface area contributed by atoms with Crippen molar-refractivity contribution >= 4 is 46.7 Å². The molecule has 3 aromatic carbocycles. The number of hydrogen-bond acceptors (Lipinski definition) is 5. The number of amides is 2. The van der Waals surface area contributed by atoms with Crippen LogP contribution in [-0.4, -0.2) is 27.9 Å². The summed E-state index contributed by atoms with van der Waals surface area (Å²) in [5, 5.41) is 16.0. The smallest absolute Gasteiger partial charge is 0.319 e. The zero-order chi connectivity index (χ0) is 24.8. The first-order chi connectivity index (χ1) is 16.9. The fraction of sp³-hybridized carbons (Fsp3) is 0.160. The SMILES string of the molecule is COc1cccc(NC(=O)NCc2nnc(SCc3ccccc3C)n2-c2ccc(Cl)cc2Cl)c1. The number of nitrogens with one attached hydrogen (secondary N) is 2. The first kappa shape index (κ1) is 24.9. The highest BCUT2D eigenvalue weighted by Gasteiger charge is 2.18. The highest BCUT2D eigenvalue weighted by Crippen LogP contribution is 2.31. The maximum atomic E-state index is 12.5. The molecule has 35 heavy (non-hydrogen) atoms. The van der Waals surface area contributed by atoms with Crippen molar-refractivity contribution < 1.29 is 9.53 Å². The highest BCUT2D eigenvalue weighted by atomic mass is 35.5. The van der Waals surface area contributed by atoms with Gasteiger partial charge in [-0.2, -0.15) is 0 Å². The first-order valence-corrected chi connectivity index (χ1v) is 12.4. The Hall–Kier alpha value is -3.20. The van der Waals surface area contributed by atoms with Crippen LogP contribution in [0.25, 0.3) is 5.69 Å². The summed E-state index contributed by atoms with van der Waals surface area (Å²) in [5.74, 6) is 1.89. The number of hydrogen-bond donors (Lipinski definition) is 2. The number of aryl methyl sites for hydroxylation is 1. The number of anilines is 1. The topological polar surface area (TPSA) is 81.1 Å². The second-order valence-corrected chi connectivity index (χ2v) is 9.37. The fourth-order valence-corrected chi connectivity index (χ4v) is 4.90. The second kappa shape index (κ2) is 11.5. The van der Waals surface area contributed by atoms with Crippen molar-refractivity contribution in [3.8, 4) is 11.4 Å². The Morgan fingerprint density at radius 2 is 1.89 bits per heavy atom. The third kappa shape index (κ3) is 6.28. The predicted molar refractivity (Wildman–Crippen MR) is 141 cm³/mol. The Labute approximate surface area is 217 Å². The van der Waals surface area contributed by atoms with Crippen LogP contribution in [0.1, 0.15) is 17.0 Å². The van der Waals surface area contributed by atoms with E-state index in [1.807, 2.05) is 22.8 Å². The molecule has 4 rings (SSSR count). The summed E-state index contributed by atoms with van der Waals surface area (Å²) in [7, 11) is 1.57. The van der Waals surface area contributed by atoms with E-state index in [0.29, 0.717) is 43.9 Å². The van der Waals surface area contributed by atoms with Gasteiger partial charge >= 0.3 is 6.03 Å². The van der Waals surface area contributed by atoms with Crippen molar-refractivity contribution in [3.63, 3.8) is 0 Å². The van der Waals surface area contributed by atoms with E-state index in [9.17, 15) is 4.79 Å². The number of halogens is 2. The zero-order valence-electron chi connectivity index (χ0n) is 19.1. The van der Waals surface area contributed by atoms with Crippen molar-refractivity contribution in [2.75, 3.05) is 12.4 Å². The van der Waals surface area contributed by atoms with Gasteiger partial charge in [-0.05, 0) is 48.4 Å². The number of carbonyl (C=O) groups excluding carboxylic acids is 1. The molecule has 0 aliphatic rings. The Morgan fingerprint density at radius 3 is 2.66 bits per heavy atom. The van der Waals surface area contributed by atoms with E-state index in [4.69, 9.17) is 27.9 Å². The molecule has 10 heteroatoms. The number of benzene rings is 3. The molecular formula is C25H23Cl2N5O2S.